The number of benzene rings is 1. The van der Waals surface area contributed by atoms with Crippen LogP contribution in [0.4, 0.5) is 0 Å². The van der Waals surface area contributed by atoms with E-state index in [9.17, 15) is 4.21 Å². The minimum atomic E-state index is -0.674. The zero-order valence-electron chi connectivity index (χ0n) is 12.6. The molecule has 2 atom stereocenters. The Morgan fingerprint density at radius 3 is 2.32 bits per heavy atom. The van der Waals surface area contributed by atoms with Gasteiger partial charge in [-0.2, -0.15) is 0 Å². The quantitative estimate of drug-likeness (QED) is 0.741. The standard InChI is InChI=1S/C16H27NOS/c1-13(2)12-15-6-8-16(9-7-15)14(3)17-10-5-11-19(4)18/h6-9,13-14,17H,5,10-12H2,1-4H3. The Morgan fingerprint density at radius 2 is 1.79 bits per heavy atom. The Bertz CT molecular complexity index is 386. The van der Waals surface area contributed by atoms with Crippen molar-refractivity contribution < 1.29 is 4.21 Å². The molecule has 0 aliphatic carbocycles. The van der Waals surface area contributed by atoms with Gasteiger partial charge in [0.1, 0.15) is 0 Å². The summed E-state index contributed by atoms with van der Waals surface area (Å²) in [6.45, 7) is 7.60. The molecule has 1 N–H and O–H groups in total. The van der Waals surface area contributed by atoms with E-state index >= 15 is 0 Å². The third kappa shape index (κ3) is 6.88. The monoisotopic (exact) mass is 281 g/mol. The van der Waals surface area contributed by atoms with Gasteiger partial charge in [-0.25, -0.2) is 0 Å². The van der Waals surface area contributed by atoms with E-state index in [0.717, 1.165) is 25.1 Å². The van der Waals surface area contributed by atoms with E-state index in [0.29, 0.717) is 12.0 Å². The van der Waals surface area contributed by atoms with Gasteiger partial charge in [-0.3, -0.25) is 4.21 Å². The molecule has 2 unspecified atom stereocenters. The maximum absolute atomic E-state index is 11.0. The molecule has 0 aromatic heterocycles. The fraction of sp³-hybridized carbons (Fsp3) is 0.625. The Hall–Kier alpha value is -0.670. The minimum Gasteiger partial charge on any atom is -0.310 e. The molecule has 1 aromatic carbocycles. The molecule has 0 aliphatic rings. The predicted molar refractivity (Wildman–Crippen MR) is 85.0 cm³/mol. The van der Waals surface area contributed by atoms with Gasteiger partial charge in [-0.15, -0.1) is 0 Å². The van der Waals surface area contributed by atoms with Gasteiger partial charge in [0.05, 0.1) is 0 Å². The van der Waals surface area contributed by atoms with E-state index in [2.05, 4.69) is 50.4 Å². The second-order valence-corrected chi connectivity index (χ2v) is 7.20. The van der Waals surface area contributed by atoms with Crippen molar-refractivity contribution in [3.63, 3.8) is 0 Å². The Balaban J connectivity index is 2.39. The van der Waals surface area contributed by atoms with E-state index in [-0.39, 0.29) is 0 Å². The first kappa shape index (κ1) is 16.4. The van der Waals surface area contributed by atoms with Gasteiger partial charge in [0.2, 0.25) is 0 Å². The first-order valence-corrected chi connectivity index (χ1v) is 8.84. The highest BCUT2D eigenvalue weighted by Crippen LogP contribution is 2.15. The van der Waals surface area contributed by atoms with Crippen molar-refractivity contribution in [3.05, 3.63) is 35.4 Å². The van der Waals surface area contributed by atoms with Crippen LogP contribution < -0.4 is 5.32 Å². The SMILES string of the molecule is CC(C)Cc1ccc(C(C)NCCCS(C)=O)cc1. The topological polar surface area (TPSA) is 29.1 Å². The maximum atomic E-state index is 11.0. The molecule has 0 fully saturated rings. The fourth-order valence-electron chi connectivity index (χ4n) is 2.13. The van der Waals surface area contributed by atoms with Gasteiger partial charge >= 0.3 is 0 Å². The fourth-order valence-corrected chi connectivity index (χ4v) is 2.68. The zero-order chi connectivity index (χ0) is 14.3. The second kappa shape index (κ2) is 8.49. The lowest BCUT2D eigenvalue weighted by Crippen LogP contribution is -2.21. The molecule has 1 aromatic rings. The highest BCUT2D eigenvalue weighted by atomic mass is 32.2. The van der Waals surface area contributed by atoms with Crippen LogP contribution in [0.2, 0.25) is 0 Å². The van der Waals surface area contributed by atoms with Crippen LogP contribution in [0, 0.1) is 5.92 Å². The second-order valence-electron chi connectivity index (χ2n) is 5.65. The lowest BCUT2D eigenvalue weighted by molar-refractivity contribution is 0.570. The van der Waals surface area contributed by atoms with Gasteiger partial charge < -0.3 is 5.32 Å². The summed E-state index contributed by atoms with van der Waals surface area (Å²) in [4.78, 5) is 0. The molecule has 2 nitrogen and oxygen atoms in total. The first-order chi connectivity index (χ1) is 8.99. The number of hydrogen-bond acceptors (Lipinski definition) is 2. The Kier molecular flexibility index (Phi) is 7.32. The molecule has 108 valence electrons. The lowest BCUT2D eigenvalue weighted by Gasteiger charge is -2.15. The third-order valence-corrected chi connectivity index (χ3v) is 4.05. The highest BCUT2D eigenvalue weighted by Gasteiger charge is 2.05. The molecular formula is C16H27NOS. The molecule has 1 rings (SSSR count). The molecule has 0 radical (unpaired) electrons. The average molecular weight is 281 g/mol. The van der Waals surface area contributed by atoms with Gasteiger partial charge in [0, 0.05) is 28.9 Å². The number of nitrogens with one attached hydrogen (secondary N) is 1. The van der Waals surface area contributed by atoms with Crippen molar-refractivity contribution >= 4 is 10.8 Å². The van der Waals surface area contributed by atoms with Crippen LogP contribution in [-0.2, 0) is 17.2 Å². The van der Waals surface area contributed by atoms with Crippen LogP contribution >= 0.6 is 0 Å². The van der Waals surface area contributed by atoms with Crippen molar-refractivity contribution in [2.75, 3.05) is 18.6 Å². The van der Waals surface area contributed by atoms with Crippen LogP contribution in [0.15, 0.2) is 24.3 Å². The molecule has 3 heteroatoms. The highest BCUT2D eigenvalue weighted by molar-refractivity contribution is 7.84. The van der Waals surface area contributed by atoms with E-state index < -0.39 is 10.8 Å². The molecule has 0 aliphatic heterocycles. The smallest absolute Gasteiger partial charge is 0.0291 e. The van der Waals surface area contributed by atoms with Crippen molar-refractivity contribution in [2.45, 2.75) is 39.7 Å². The molecular weight excluding hydrogens is 254 g/mol. The first-order valence-electron chi connectivity index (χ1n) is 7.11. The van der Waals surface area contributed by atoms with Crippen LogP contribution in [-0.4, -0.2) is 22.8 Å². The largest absolute Gasteiger partial charge is 0.310 e. The molecule has 0 saturated heterocycles. The predicted octanol–water partition coefficient (Wildman–Crippen LogP) is 3.30. The number of rotatable bonds is 8. The molecule has 19 heavy (non-hydrogen) atoms. The van der Waals surface area contributed by atoms with E-state index in [1.54, 1.807) is 6.26 Å². The van der Waals surface area contributed by atoms with E-state index in [1.165, 1.54) is 11.1 Å². The van der Waals surface area contributed by atoms with Crippen molar-refractivity contribution in [1.82, 2.24) is 5.32 Å². The summed E-state index contributed by atoms with van der Waals surface area (Å²) in [6.07, 6.45) is 3.88. The lowest BCUT2D eigenvalue weighted by atomic mass is 10.00. The van der Waals surface area contributed by atoms with Crippen LogP contribution in [0.5, 0.6) is 0 Å². The number of hydrogen-bond donors (Lipinski definition) is 1. The Morgan fingerprint density at radius 1 is 1.16 bits per heavy atom. The van der Waals surface area contributed by atoms with Gasteiger partial charge in [-0.1, -0.05) is 38.1 Å². The van der Waals surface area contributed by atoms with Crippen molar-refractivity contribution in [2.24, 2.45) is 5.92 Å². The van der Waals surface area contributed by atoms with E-state index in [1.807, 2.05) is 0 Å². The summed E-state index contributed by atoms with van der Waals surface area (Å²) in [5, 5.41) is 3.48. The summed E-state index contributed by atoms with van der Waals surface area (Å²) < 4.78 is 11.0. The van der Waals surface area contributed by atoms with E-state index in [4.69, 9.17) is 0 Å². The van der Waals surface area contributed by atoms with Crippen molar-refractivity contribution in [3.8, 4) is 0 Å². The normalized spacial score (nSPS) is 14.6. The molecule has 0 spiro atoms. The maximum Gasteiger partial charge on any atom is 0.0291 e. The minimum absolute atomic E-state index is 0.360. The summed E-state index contributed by atoms with van der Waals surface area (Å²) in [5.41, 5.74) is 2.73. The summed E-state index contributed by atoms with van der Waals surface area (Å²) in [6, 6.07) is 9.25. The van der Waals surface area contributed by atoms with Crippen LogP contribution in [0.25, 0.3) is 0 Å². The molecule has 0 heterocycles. The molecule has 0 saturated carbocycles. The average Bonchev–Trinajstić information content (AvgIpc) is 2.34. The van der Waals surface area contributed by atoms with Crippen molar-refractivity contribution in [1.29, 1.82) is 0 Å². The Labute approximate surface area is 120 Å². The van der Waals surface area contributed by atoms with Crippen LogP contribution in [0.3, 0.4) is 0 Å². The van der Waals surface area contributed by atoms with Gasteiger partial charge in [0.25, 0.3) is 0 Å². The van der Waals surface area contributed by atoms with Crippen LogP contribution in [0.1, 0.15) is 44.4 Å². The zero-order valence-corrected chi connectivity index (χ0v) is 13.4. The summed E-state index contributed by atoms with van der Waals surface area (Å²) in [5.74, 6) is 1.49. The third-order valence-electron chi connectivity index (χ3n) is 3.18. The summed E-state index contributed by atoms with van der Waals surface area (Å²) >= 11 is 0. The summed E-state index contributed by atoms with van der Waals surface area (Å²) in [7, 11) is -0.674. The van der Waals surface area contributed by atoms with Gasteiger partial charge in [-0.05, 0) is 43.4 Å². The van der Waals surface area contributed by atoms with Gasteiger partial charge in [0.15, 0.2) is 0 Å². The molecule has 0 bridgehead atoms. The molecule has 0 amide bonds.